The van der Waals surface area contributed by atoms with Crippen molar-refractivity contribution in [1.29, 1.82) is 0 Å². The Hall–Kier alpha value is -2.15. The molecule has 0 bridgehead atoms. The summed E-state index contributed by atoms with van der Waals surface area (Å²) in [5, 5.41) is 7.29. The number of aryl methyl sites for hydroxylation is 1. The number of imidazole rings is 1. The van der Waals surface area contributed by atoms with Crippen molar-refractivity contribution in [2.24, 2.45) is 7.05 Å². The van der Waals surface area contributed by atoms with E-state index in [0.29, 0.717) is 18.8 Å². The van der Waals surface area contributed by atoms with Gasteiger partial charge in [0.2, 0.25) is 5.76 Å². The van der Waals surface area contributed by atoms with Gasteiger partial charge in [-0.3, -0.25) is 4.79 Å². The van der Waals surface area contributed by atoms with Gasteiger partial charge < -0.3 is 19.3 Å². The SMILES string of the molecule is CC(C)c1cc(C(=O)N2CCNCC2c2nccn2C)on1. The molecule has 1 saturated heterocycles. The molecule has 2 aromatic rings. The van der Waals surface area contributed by atoms with Crippen molar-refractivity contribution in [2.45, 2.75) is 25.8 Å². The van der Waals surface area contributed by atoms with Crippen LogP contribution in [-0.4, -0.2) is 45.1 Å². The van der Waals surface area contributed by atoms with Crippen LogP contribution in [0.25, 0.3) is 0 Å². The molecular weight excluding hydrogens is 282 g/mol. The highest BCUT2D eigenvalue weighted by atomic mass is 16.5. The zero-order valence-electron chi connectivity index (χ0n) is 13.1. The van der Waals surface area contributed by atoms with Gasteiger partial charge in [0.05, 0.1) is 5.69 Å². The number of amides is 1. The van der Waals surface area contributed by atoms with E-state index in [1.165, 1.54) is 0 Å². The first-order valence-corrected chi connectivity index (χ1v) is 7.53. The minimum Gasteiger partial charge on any atom is -0.351 e. The summed E-state index contributed by atoms with van der Waals surface area (Å²) < 4.78 is 7.19. The van der Waals surface area contributed by atoms with Crippen LogP contribution in [0.5, 0.6) is 0 Å². The van der Waals surface area contributed by atoms with Gasteiger partial charge in [-0.25, -0.2) is 4.98 Å². The van der Waals surface area contributed by atoms with E-state index in [4.69, 9.17) is 4.52 Å². The average Bonchev–Trinajstić information content (AvgIpc) is 3.15. The van der Waals surface area contributed by atoms with Crippen molar-refractivity contribution >= 4 is 5.91 Å². The summed E-state index contributed by atoms with van der Waals surface area (Å²) in [7, 11) is 1.94. The Kier molecular flexibility index (Phi) is 3.98. The number of hydrogen-bond donors (Lipinski definition) is 1. The molecule has 0 saturated carbocycles. The van der Waals surface area contributed by atoms with Gasteiger partial charge in [-0.1, -0.05) is 19.0 Å². The predicted octanol–water partition coefficient (Wildman–Crippen LogP) is 1.32. The number of aromatic nitrogens is 3. The van der Waals surface area contributed by atoms with Gasteiger partial charge in [-0.15, -0.1) is 0 Å². The Bertz CT molecular complexity index is 660. The molecule has 1 N–H and O–H groups in total. The summed E-state index contributed by atoms with van der Waals surface area (Å²) in [6.45, 7) is 6.11. The van der Waals surface area contributed by atoms with Crippen LogP contribution in [0.3, 0.4) is 0 Å². The molecule has 2 aromatic heterocycles. The number of hydrogen-bond acceptors (Lipinski definition) is 5. The van der Waals surface area contributed by atoms with Crippen molar-refractivity contribution in [2.75, 3.05) is 19.6 Å². The Morgan fingerprint density at radius 3 is 2.95 bits per heavy atom. The maximum Gasteiger partial charge on any atom is 0.293 e. The van der Waals surface area contributed by atoms with E-state index in [-0.39, 0.29) is 17.9 Å². The lowest BCUT2D eigenvalue weighted by Crippen LogP contribution is -2.49. The van der Waals surface area contributed by atoms with Crippen LogP contribution >= 0.6 is 0 Å². The van der Waals surface area contributed by atoms with Gasteiger partial charge in [0, 0.05) is 45.1 Å². The van der Waals surface area contributed by atoms with Crippen molar-refractivity contribution in [3.63, 3.8) is 0 Å². The summed E-state index contributed by atoms with van der Waals surface area (Å²) >= 11 is 0. The van der Waals surface area contributed by atoms with E-state index in [0.717, 1.165) is 18.1 Å². The third-order valence-corrected chi connectivity index (χ3v) is 3.99. The number of nitrogens with zero attached hydrogens (tertiary/aromatic N) is 4. The third-order valence-electron chi connectivity index (χ3n) is 3.99. The Balaban J connectivity index is 1.86. The highest BCUT2D eigenvalue weighted by Crippen LogP contribution is 2.24. The lowest BCUT2D eigenvalue weighted by Gasteiger charge is -2.35. The minimum absolute atomic E-state index is 0.103. The van der Waals surface area contributed by atoms with Crippen LogP contribution in [0.15, 0.2) is 23.0 Å². The average molecular weight is 303 g/mol. The smallest absolute Gasteiger partial charge is 0.293 e. The molecule has 1 aliphatic heterocycles. The predicted molar refractivity (Wildman–Crippen MR) is 80.4 cm³/mol. The van der Waals surface area contributed by atoms with Crippen molar-refractivity contribution in [3.05, 3.63) is 35.7 Å². The molecule has 3 heterocycles. The van der Waals surface area contributed by atoms with Gasteiger partial charge >= 0.3 is 0 Å². The summed E-state index contributed by atoms with van der Waals surface area (Å²) in [6.07, 6.45) is 3.63. The molecule has 1 unspecified atom stereocenters. The Morgan fingerprint density at radius 1 is 1.50 bits per heavy atom. The maximum atomic E-state index is 12.8. The first kappa shape index (κ1) is 14.8. The van der Waals surface area contributed by atoms with Gasteiger partial charge in [0.1, 0.15) is 11.9 Å². The molecule has 7 nitrogen and oxygen atoms in total. The maximum absolute atomic E-state index is 12.8. The summed E-state index contributed by atoms with van der Waals surface area (Å²) in [4.78, 5) is 19.0. The second-order valence-corrected chi connectivity index (χ2v) is 5.89. The van der Waals surface area contributed by atoms with Gasteiger partial charge in [-0.2, -0.15) is 0 Å². The summed E-state index contributed by atoms with van der Waals surface area (Å²) in [5.41, 5.74) is 0.798. The molecule has 118 valence electrons. The quantitative estimate of drug-likeness (QED) is 0.925. The zero-order valence-corrected chi connectivity index (χ0v) is 13.1. The van der Waals surface area contributed by atoms with E-state index in [2.05, 4.69) is 15.5 Å². The molecule has 0 aromatic carbocycles. The minimum atomic E-state index is -0.131. The number of nitrogens with one attached hydrogen (secondary N) is 1. The van der Waals surface area contributed by atoms with E-state index >= 15 is 0 Å². The van der Waals surface area contributed by atoms with Crippen molar-refractivity contribution in [3.8, 4) is 0 Å². The van der Waals surface area contributed by atoms with Crippen LogP contribution in [0.4, 0.5) is 0 Å². The largest absolute Gasteiger partial charge is 0.351 e. The molecule has 0 radical (unpaired) electrons. The summed E-state index contributed by atoms with van der Waals surface area (Å²) in [5.74, 6) is 1.27. The third kappa shape index (κ3) is 2.64. The number of carbonyl (C=O) groups is 1. The molecule has 1 amide bonds. The first-order chi connectivity index (χ1) is 10.6. The molecule has 1 atom stereocenters. The molecule has 0 spiro atoms. The molecule has 1 fully saturated rings. The molecule has 7 heteroatoms. The van der Waals surface area contributed by atoms with Gasteiger partial charge in [0.25, 0.3) is 5.91 Å². The molecule has 22 heavy (non-hydrogen) atoms. The lowest BCUT2D eigenvalue weighted by molar-refractivity contribution is 0.0578. The fourth-order valence-electron chi connectivity index (χ4n) is 2.68. The fourth-order valence-corrected chi connectivity index (χ4v) is 2.68. The van der Waals surface area contributed by atoms with Gasteiger partial charge in [0.15, 0.2) is 0 Å². The fraction of sp³-hybridized carbons (Fsp3) is 0.533. The standard InChI is InChI=1S/C15H21N5O2/c1-10(2)11-8-13(22-18-11)15(21)20-7-4-16-9-12(20)14-17-5-6-19(14)3/h5-6,8,10,12,16H,4,7,9H2,1-3H3. The van der Waals surface area contributed by atoms with Crippen LogP contribution < -0.4 is 5.32 Å². The zero-order chi connectivity index (χ0) is 15.7. The highest BCUT2D eigenvalue weighted by molar-refractivity contribution is 5.91. The van der Waals surface area contributed by atoms with Crippen LogP contribution in [0.2, 0.25) is 0 Å². The Labute approximate surface area is 129 Å². The first-order valence-electron chi connectivity index (χ1n) is 7.53. The second kappa shape index (κ2) is 5.92. The van der Waals surface area contributed by atoms with E-state index < -0.39 is 0 Å². The van der Waals surface area contributed by atoms with E-state index in [1.807, 2.05) is 36.6 Å². The molecule has 0 aliphatic carbocycles. The normalized spacial score (nSPS) is 18.9. The van der Waals surface area contributed by atoms with Crippen molar-refractivity contribution in [1.82, 2.24) is 24.9 Å². The second-order valence-electron chi connectivity index (χ2n) is 5.89. The van der Waals surface area contributed by atoms with Crippen LogP contribution in [0.1, 0.15) is 47.9 Å². The number of rotatable bonds is 3. The Morgan fingerprint density at radius 2 is 2.32 bits per heavy atom. The lowest BCUT2D eigenvalue weighted by atomic mass is 10.1. The molecule has 3 rings (SSSR count). The van der Waals surface area contributed by atoms with Gasteiger partial charge in [-0.05, 0) is 5.92 Å². The van der Waals surface area contributed by atoms with E-state index in [9.17, 15) is 4.79 Å². The molecule has 1 aliphatic rings. The monoisotopic (exact) mass is 303 g/mol. The number of piperazine rings is 1. The van der Waals surface area contributed by atoms with Crippen molar-refractivity contribution < 1.29 is 9.32 Å². The molecular formula is C15H21N5O2. The topological polar surface area (TPSA) is 76.2 Å². The van der Waals surface area contributed by atoms with Crippen LogP contribution in [-0.2, 0) is 7.05 Å². The highest BCUT2D eigenvalue weighted by Gasteiger charge is 2.32. The van der Waals surface area contributed by atoms with E-state index in [1.54, 1.807) is 12.3 Å². The van der Waals surface area contributed by atoms with Crippen LogP contribution in [0, 0.1) is 0 Å². The summed E-state index contributed by atoms with van der Waals surface area (Å²) in [6, 6.07) is 1.64. The number of carbonyl (C=O) groups excluding carboxylic acids is 1.